The minimum Gasteiger partial charge on any atom is -0.350 e. The molecule has 0 fully saturated rings. The summed E-state index contributed by atoms with van der Waals surface area (Å²) in [6.07, 6.45) is 1.87. The maximum atomic E-state index is 12.2. The van der Waals surface area contributed by atoms with Crippen LogP contribution in [0.15, 0.2) is 48.7 Å². The van der Waals surface area contributed by atoms with E-state index in [9.17, 15) is 9.59 Å². The average Bonchev–Trinajstić information content (AvgIpc) is 3.26. The molecule has 3 heterocycles. The van der Waals surface area contributed by atoms with Crippen molar-refractivity contribution < 1.29 is 9.59 Å². The number of hydrogen-bond acceptors (Lipinski definition) is 5. The van der Waals surface area contributed by atoms with Crippen molar-refractivity contribution in [3.05, 3.63) is 54.4 Å². The van der Waals surface area contributed by atoms with Crippen LogP contribution in [0.5, 0.6) is 0 Å². The van der Waals surface area contributed by atoms with Crippen molar-refractivity contribution in [1.82, 2.24) is 30.1 Å². The molecule has 0 aliphatic carbocycles. The lowest BCUT2D eigenvalue weighted by atomic mass is 10.2. The number of nitrogens with one attached hydrogen (secondary N) is 3. The van der Waals surface area contributed by atoms with Crippen LogP contribution in [0.3, 0.4) is 0 Å². The summed E-state index contributed by atoms with van der Waals surface area (Å²) in [7, 11) is 0. The quantitative estimate of drug-likeness (QED) is 0.503. The molecule has 9 nitrogen and oxygen atoms in total. The minimum atomic E-state index is -0.330. The molecule has 0 radical (unpaired) electrons. The zero-order valence-electron chi connectivity index (χ0n) is 13.6. The zero-order valence-corrected chi connectivity index (χ0v) is 13.6. The first-order valence-corrected chi connectivity index (χ1v) is 8.03. The summed E-state index contributed by atoms with van der Waals surface area (Å²) < 4.78 is 1.67. The molecule has 4 rings (SSSR count). The highest BCUT2D eigenvalue weighted by molar-refractivity contribution is 6.04. The van der Waals surface area contributed by atoms with Gasteiger partial charge < -0.3 is 5.32 Å². The molecule has 2 amide bonds. The number of nitrogens with zero attached hydrogens (tertiary/aromatic N) is 4. The molecule has 0 bridgehead atoms. The Hall–Kier alpha value is -3.75. The number of rotatable bonds is 5. The third-order valence-electron chi connectivity index (χ3n) is 3.89. The van der Waals surface area contributed by atoms with E-state index in [1.54, 1.807) is 16.7 Å². The maximum absolute atomic E-state index is 12.2. The topological polar surface area (TPSA) is 117 Å². The number of H-pyrrole nitrogens is 1. The SMILES string of the molecule is O=C(CCNC(=O)c1n[nH]c2ccccc12)Nc1nnc2ccccn12. The first kappa shape index (κ1) is 15.8. The smallest absolute Gasteiger partial charge is 0.272 e. The predicted octanol–water partition coefficient (Wildman–Crippen LogP) is 1.36. The van der Waals surface area contributed by atoms with Crippen LogP contribution in [0, 0.1) is 0 Å². The van der Waals surface area contributed by atoms with Gasteiger partial charge in [-0.3, -0.25) is 24.4 Å². The average molecular weight is 349 g/mol. The van der Waals surface area contributed by atoms with Gasteiger partial charge in [0, 0.05) is 24.5 Å². The van der Waals surface area contributed by atoms with Gasteiger partial charge in [0.25, 0.3) is 5.91 Å². The molecule has 0 aliphatic rings. The molecule has 4 aromatic rings. The van der Waals surface area contributed by atoms with Gasteiger partial charge >= 0.3 is 0 Å². The van der Waals surface area contributed by atoms with Crippen LogP contribution < -0.4 is 10.6 Å². The van der Waals surface area contributed by atoms with Crippen LogP contribution in [0.2, 0.25) is 0 Å². The van der Waals surface area contributed by atoms with E-state index in [0.717, 1.165) is 10.9 Å². The highest BCUT2D eigenvalue weighted by Crippen LogP contribution is 2.14. The predicted molar refractivity (Wildman–Crippen MR) is 94.7 cm³/mol. The first-order chi connectivity index (χ1) is 12.7. The number of para-hydroxylation sites is 1. The van der Waals surface area contributed by atoms with Gasteiger partial charge in [-0.1, -0.05) is 24.3 Å². The number of pyridine rings is 1. The van der Waals surface area contributed by atoms with Crippen molar-refractivity contribution in [3.63, 3.8) is 0 Å². The summed E-state index contributed by atoms with van der Waals surface area (Å²) in [6, 6.07) is 12.8. The van der Waals surface area contributed by atoms with Crippen LogP contribution in [-0.2, 0) is 4.79 Å². The Bertz CT molecular complexity index is 1100. The summed E-state index contributed by atoms with van der Waals surface area (Å²) in [5, 5.41) is 20.8. The number of hydrogen-bond donors (Lipinski definition) is 3. The van der Waals surface area contributed by atoms with Crippen LogP contribution >= 0.6 is 0 Å². The van der Waals surface area contributed by atoms with Crippen molar-refractivity contribution in [2.24, 2.45) is 0 Å². The summed E-state index contributed by atoms with van der Waals surface area (Å²) in [5.41, 5.74) is 1.74. The number of aromatic nitrogens is 5. The lowest BCUT2D eigenvalue weighted by Gasteiger charge is -2.05. The van der Waals surface area contributed by atoms with Crippen molar-refractivity contribution in [1.29, 1.82) is 0 Å². The normalized spacial score (nSPS) is 10.9. The molecule has 0 saturated carbocycles. The number of amides is 2. The van der Waals surface area contributed by atoms with Crippen molar-refractivity contribution in [2.45, 2.75) is 6.42 Å². The zero-order chi connectivity index (χ0) is 17.9. The molecule has 9 heteroatoms. The van der Waals surface area contributed by atoms with E-state index < -0.39 is 0 Å². The lowest BCUT2D eigenvalue weighted by Crippen LogP contribution is -2.28. The number of aromatic amines is 1. The van der Waals surface area contributed by atoms with Gasteiger partial charge in [0.05, 0.1) is 5.52 Å². The highest BCUT2D eigenvalue weighted by Gasteiger charge is 2.14. The summed E-state index contributed by atoms with van der Waals surface area (Å²) in [5.74, 6) is -0.256. The van der Waals surface area contributed by atoms with Gasteiger partial charge in [-0.25, -0.2) is 0 Å². The van der Waals surface area contributed by atoms with Gasteiger partial charge in [-0.05, 0) is 18.2 Å². The Kier molecular flexibility index (Phi) is 4.02. The second kappa shape index (κ2) is 6.63. The molecule has 1 aromatic carbocycles. The van der Waals surface area contributed by atoms with Crippen molar-refractivity contribution in [3.8, 4) is 0 Å². The third-order valence-corrected chi connectivity index (χ3v) is 3.89. The Morgan fingerprint density at radius 1 is 1.08 bits per heavy atom. The third kappa shape index (κ3) is 2.97. The molecular weight excluding hydrogens is 334 g/mol. The Balaban J connectivity index is 1.34. The fraction of sp³-hybridized carbons (Fsp3) is 0.118. The second-order valence-electron chi connectivity index (χ2n) is 5.62. The van der Waals surface area contributed by atoms with E-state index in [1.165, 1.54) is 0 Å². The summed E-state index contributed by atoms with van der Waals surface area (Å²) in [4.78, 5) is 24.3. The molecule has 3 N–H and O–H groups in total. The van der Waals surface area contributed by atoms with E-state index >= 15 is 0 Å². The van der Waals surface area contributed by atoms with E-state index in [2.05, 4.69) is 31.0 Å². The Morgan fingerprint density at radius 3 is 2.85 bits per heavy atom. The van der Waals surface area contributed by atoms with Gasteiger partial charge in [0.15, 0.2) is 11.3 Å². The van der Waals surface area contributed by atoms with Gasteiger partial charge in [0.2, 0.25) is 11.9 Å². The molecule has 0 aliphatic heterocycles. The first-order valence-electron chi connectivity index (χ1n) is 8.03. The lowest BCUT2D eigenvalue weighted by molar-refractivity contribution is -0.116. The molecule has 0 unspecified atom stereocenters. The van der Waals surface area contributed by atoms with Crippen LogP contribution in [0.25, 0.3) is 16.6 Å². The Morgan fingerprint density at radius 2 is 1.92 bits per heavy atom. The second-order valence-corrected chi connectivity index (χ2v) is 5.62. The van der Waals surface area contributed by atoms with Gasteiger partial charge in [-0.15, -0.1) is 10.2 Å². The number of anilines is 1. The van der Waals surface area contributed by atoms with Crippen molar-refractivity contribution >= 4 is 34.3 Å². The molecule has 3 aromatic heterocycles. The van der Waals surface area contributed by atoms with E-state index in [4.69, 9.17) is 0 Å². The molecule has 26 heavy (non-hydrogen) atoms. The maximum Gasteiger partial charge on any atom is 0.272 e. The minimum absolute atomic E-state index is 0.107. The number of carbonyl (C=O) groups is 2. The van der Waals surface area contributed by atoms with Crippen LogP contribution in [0.1, 0.15) is 16.9 Å². The number of carbonyl (C=O) groups excluding carboxylic acids is 2. The largest absolute Gasteiger partial charge is 0.350 e. The summed E-state index contributed by atoms with van der Waals surface area (Å²) >= 11 is 0. The van der Waals surface area contributed by atoms with Gasteiger partial charge in [-0.2, -0.15) is 5.10 Å². The molecule has 0 atom stereocenters. The number of fused-ring (bicyclic) bond motifs is 2. The van der Waals surface area contributed by atoms with E-state index in [1.807, 2.05) is 36.4 Å². The molecular formula is C17H15N7O2. The standard InChI is InChI=1S/C17H15N7O2/c25-14(19-17-23-21-13-7-3-4-10-24(13)17)8-9-18-16(26)15-11-5-1-2-6-12(11)20-22-15/h1-7,10H,8-9H2,(H,18,26)(H,20,22)(H,19,23,25). The van der Waals surface area contributed by atoms with Crippen LogP contribution in [-0.4, -0.2) is 43.2 Å². The molecule has 0 spiro atoms. The molecule has 0 saturated heterocycles. The van der Waals surface area contributed by atoms with Crippen molar-refractivity contribution in [2.75, 3.05) is 11.9 Å². The van der Waals surface area contributed by atoms with E-state index in [0.29, 0.717) is 17.3 Å². The monoisotopic (exact) mass is 349 g/mol. The fourth-order valence-corrected chi connectivity index (χ4v) is 2.62. The van der Waals surface area contributed by atoms with Gasteiger partial charge in [0.1, 0.15) is 0 Å². The highest BCUT2D eigenvalue weighted by atomic mass is 16.2. The fourth-order valence-electron chi connectivity index (χ4n) is 2.62. The summed E-state index contributed by atoms with van der Waals surface area (Å²) in [6.45, 7) is 0.183. The Labute approximate surface area is 147 Å². The van der Waals surface area contributed by atoms with E-state index in [-0.39, 0.29) is 24.8 Å². The molecule has 130 valence electrons. The van der Waals surface area contributed by atoms with Crippen LogP contribution in [0.4, 0.5) is 5.95 Å². The number of benzene rings is 1.